The van der Waals surface area contributed by atoms with E-state index in [1.165, 1.54) is 0 Å². The van der Waals surface area contributed by atoms with Crippen LogP contribution in [-0.2, 0) is 4.79 Å². The van der Waals surface area contributed by atoms with Gasteiger partial charge in [-0.3, -0.25) is 4.79 Å². The molecule has 0 aliphatic rings. The van der Waals surface area contributed by atoms with Crippen LogP contribution in [0.4, 0.5) is 5.69 Å². The second kappa shape index (κ2) is 5.90. The van der Waals surface area contributed by atoms with Crippen molar-refractivity contribution >= 4 is 57.6 Å². The first-order valence-electron chi connectivity index (χ1n) is 5.62. The topological polar surface area (TPSA) is 58.1 Å². The summed E-state index contributed by atoms with van der Waals surface area (Å²) in [5.41, 5.74) is 1.77. The highest BCUT2D eigenvalue weighted by molar-refractivity contribution is 7.00. The van der Waals surface area contributed by atoms with Crippen molar-refractivity contribution in [2.45, 2.75) is 6.92 Å². The molecule has 8 heteroatoms. The Morgan fingerprint density at radius 3 is 2.74 bits per heavy atom. The predicted octanol–water partition coefficient (Wildman–Crippen LogP) is 2.89. The van der Waals surface area contributed by atoms with Crippen molar-refractivity contribution in [2.24, 2.45) is 0 Å². The molecule has 0 aliphatic carbocycles. The number of aromatic nitrogens is 2. The minimum atomic E-state index is -0.0233. The monoisotopic (exact) mass is 318 g/mol. The van der Waals surface area contributed by atoms with Crippen molar-refractivity contribution < 1.29 is 4.79 Å². The minimum absolute atomic E-state index is 0.0233. The number of benzene rings is 1. The van der Waals surface area contributed by atoms with E-state index in [9.17, 15) is 4.79 Å². The Labute approximate surface area is 124 Å². The summed E-state index contributed by atoms with van der Waals surface area (Å²) in [5.74, 6) is -0.0233. The van der Waals surface area contributed by atoms with Gasteiger partial charge in [-0.15, -0.1) is 0 Å². The fourth-order valence-electron chi connectivity index (χ4n) is 1.52. The molecule has 102 valence electrons. The number of amides is 1. The van der Waals surface area contributed by atoms with Gasteiger partial charge in [0.1, 0.15) is 11.0 Å². The minimum Gasteiger partial charge on any atom is -0.373 e. The van der Waals surface area contributed by atoms with Crippen LogP contribution in [0.2, 0.25) is 10.0 Å². The molecule has 0 fully saturated rings. The molecule has 1 aromatic carbocycles. The van der Waals surface area contributed by atoms with E-state index < -0.39 is 0 Å². The van der Waals surface area contributed by atoms with Gasteiger partial charge >= 0.3 is 0 Å². The van der Waals surface area contributed by atoms with Crippen molar-refractivity contribution in [1.29, 1.82) is 0 Å². The van der Waals surface area contributed by atoms with Gasteiger partial charge in [-0.1, -0.05) is 23.2 Å². The largest absolute Gasteiger partial charge is 0.373 e. The third kappa shape index (κ3) is 2.91. The quantitative estimate of drug-likeness (QED) is 0.941. The van der Waals surface area contributed by atoms with Gasteiger partial charge in [0.05, 0.1) is 34.0 Å². The number of hydrogen-bond donors (Lipinski definition) is 1. The summed E-state index contributed by atoms with van der Waals surface area (Å²) >= 11 is 13.2. The molecule has 2 aromatic rings. The van der Waals surface area contributed by atoms with Crippen LogP contribution in [0.15, 0.2) is 6.07 Å². The smallest absolute Gasteiger partial charge is 0.241 e. The molecule has 0 saturated heterocycles. The zero-order chi connectivity index (χ0) is 14.0. The van der Waals surface area contributed by atoms with Gasteiger partial charge in [0.25, 0.3) is 0 Å². The molecule has 1 amide bonds. The summed E-state index contributed by atoms with van der Waals surface area (Å²) in [5, 5.41) is 3.89. The highest BCUT2D eigenvalue weighted by Crippen LogP contribution is 2.34. The van der Waals surface area contributed by atoms with Gasteiger partial charge in [0.2, 0.25) is 5.91 Å². The first-order chi connectivity index (χ1) is 9.04. The lowest BCUT2D eigenvalue weighted by atomic mass is 10.2. The average Bonchev–Trinajstić information content (AvgIpc) is 2.86. The van der Waals surface area contributed by atoms with Crippen LogP contribution in [0.3, 0.4) is 0 Å². The molecule has 0 aliphatic heterocycles. The van der Waals surface area contributed by atoms with E-state index in [1.54, 1.807) is 18.0 Å². The molecule has 5 nitrogen and oxygen atoms in total. The van der Waals surface area contributed by atoms with Gasteiger partial charge < -0.3 is 10.2 Å². The number of carbonyl (C=O) groups excluding carboxylic acids is 1. The van der Waals surface area contributed by atoms with Crippen LogP contribution in [0.5, 0.6) is 0 Å². The summed E-state index contributed by atoms with van der Waals surface area (Å²) in [7, 11) is 1.74. The first-order valence-corrected chi connectivity index (χ1v) is 7.11. The van der Waals surface area contributed by atoms with Gasteiger partial charge in [-0.05, 0) is 13.0 Å². The Kier molecular flexibility index (Phi) is 4.44. The number of carbonyl (C=O) groups is 1. The number of nitrogens with zero attached hydrogens (tertiary/aromatic N) is 3. The van der Waals surface area contributed by atoms with Gasteiger partial charge in [-0.25, -0.2) is 0 Å². The molecular formula is C11H12Cl2N4OS. The number of anilines is 1. The maximum Gasteiger partial charge on any atom is 0.241 e. The molecule has 19 heavy (non-hydrogen) atoms. The van der Waals surface area contributed by atoms with E-state index in [0.717, 1.165) is 11.7 Å². The average molecular weight is 319 g/mol. The second-order valence-corrected chi connectivity index (χ2v) is 5.28. The van der Waals surface area contributed by atoms with Gasteiger partial charge in [0, 0.05) is 13.6 Å². The Bertz CT molecular complexity index is 616. The van der Waals surface area contributed by atoms with Crippen molar-refractivity contribution in [3.8, 4) is 0 Å². The second-order valence-electron chi connectivity index (χ2n) is 3.94. The number of rotatable bonds is 4. The van der Waals surface area contributed by atoms with Crippen molar-refractivity contribution in [3.63, 3.8) is 0 Å². The zero-order valence-corrected chi connectivity index (χ0v) is 12.7. The first kappa shape index (κ1) is 14.3. The lowest BCUT2D eigenvalue weighted by Gasteiger charge is -2.16. The molecule has 0 saturated carbocycles. The fourth-order valence-corrected chi connectivity index (χ4v) is 2.70. The van der Waals surface area contributed by atoms with Crippen LogP contribution < -0.4 is 5.32 Å². The normalized spacial score (nSPS) is 10.7. The molecule has 0 spiro atoms. The van der Waals surface area contributed by atoms with Crippen LogP contribution in [-0.4, -0.2) is 39.7 Å². The lowest BCUT2D eigenvalue weighted by Crippen LogP contribution is -2.31. The highest BCUT2D eigenvalue weighted by atomic mass is 35.5. The van der Waals surface area contributed by atoms with E-state index in [-0.39, 0.29) is 12.5 Å². The number of fused-ring (bicyclic) bond motifs is 1. The standard InChI is InChI=1S/C11H12Cl2N4OS/c1-3-17(2)8(18)5-14-9-6(12)4-7(13)10-11(9)16-19-15-10/h4,14H,3,5H2,1-2H3. The molecule has 0 bridgehead atoms. The number of halogens is 2. The van der Waals surface area contributed by atoms with Crippen molar-refractivity contribution in [1.82, 2.24) is 13.6 Å². The van der Waals surface area contributed by atoms with Crippen LogP contribution in [0.25, 0.3) is 11.0 Å². The predicted molar refractivity (Wildman–Crippen MR) is 79.2 cm³/mol. The van der Waals surface area contributed by atoms with E-state index in [4.69, 9.17) is 23.2 Å². The molecule has 0 atom stereocenters. The zero-order valence-electron chi connectivity index (χ0n) is 10.4. The van der Waals surface area contributed by atoms with E-state index in [1.807, 2.05) is 6.92 Å². The molecule has 1 aromatic heterocycles. The van der Waals surface area contributed by atoms with E-state index in [2.05, 4.69) is 14.1 Å². The Balaban J connectivity index is 2.26. The number of nitrogens with one attached hydrogen (secondary N) is 1. The van der Waals surface area contributed by atoms with Crippen LogP contribution >= 0.6 is 34.9 Å². The lowest BCUT2D eigenvalue weighted by molar-refractivity contribution is -0.127. The van der Waals surface area contributed by atoms with Crippen LogP contribution in [0, 0.1) is 0 Å². The van der Waals surface area contributed by atoms with Crippen molar-refractivity contribution in [3.05, 3.63) is 16.1 Å². The Morgan fingerprint density at radius 2 is 2.05 bits per heavy atom. The summed E-state index contributed by atoms with van der Waals surface area (Å²) in [6.07, 6.45) is 0. The molecule has 1 N–H and O–H groups in total. The highest BCUT2D eigenvalue weighted by Gasteiger charge is 2.15. The summed E-state index contributed by atoms with van der Waals surface area (Å²) < 4.78 is 8.26. The SMILES string of the molecule is CCN(C)C(=O)CNc1c(Cl)cc(Cl)c2nsnc12. The third-order valence-electron chi connectivity index (χ3n) is 2.76. The molecule has 1 heterocycles. The molecule has 0 radical (unpaired) electrons. The van der Waals surface area contributed by atoms with E-state index in [0.29, 0.717) is 33.3 Å². The fraction of sp³-hybridized carbons (Fsp3) is 0.364. The van der Waals surface area contributed by atoms with E-state index >= 15 is 0 Å². The van der Waals surface area contributed by atoms with Crippen molar-refractivity contribution in [2.75, 3.05) is 25.5 Å². The third-order valence-corrected chi connectivity index (χ3v) is 3.87. The molecule has 2 rings (SSSR count). The summed E-state index contributed by atoms with van der Waals surface area (Å²) in [4.78, 5) is 13.4. The maximum atomic E-state index is 11.8. The van der Waals surface area contributed by atoms with Gasteiger partial charge in [0.15, 0.2) is 0 Å². The molecular weight excluding hydrogens is 307 g/mol. The Hall–Kier alpha value is -1.11. The molecule has 0 unspecified atom stereocenters. The number of likely N-dealkylation sites (N-methyl/N-ethyl adjacent to an activating group) is 1. The maximum absolute atomic E-state index is 11.8. The Morgan fingerprint density at radius 1 is 1.37 bits per heavy atom. The number of hydrogen-bond acceptors (Lipinski definition) is 5. The summed E-state index contributed by atoms with van der Waals surface area (Å²) in [6, 6.07) is 1.60. The van der Waals surface area contributed by atoms with Crippen LogP contribution in [0.1, 0.15) is 6.92 Å². The van der Waals surface area contributed by atoms with Gasteiger partial charge in [-0.2, -0.15) is 8.75 Å². The summed E-state index contributed by atoms with van der Waals surface area (Å²) in [6.45, 7) is 2.72.